The highest BCUT2D eigenvalue weighted by atomic mass is 127. The van der Waals surface area contributed by atoms with Crippen LogP contribution in [0.4, 0.5) is 0 Å². The van der Waals surface area contributed by atoms with E-state index in [1.165, 1.54) is 0 Å². The van der Waals surface area contributed by atoms with Crippen molar-refractivity contribution in [2.45, 2.75) is 20.0 Å². The van der Waals surface area contributed by atoms with E-state index in [0.29, 0.717) is 19.1 Å². The molecule has 0 heterocycles. The number of aliphatic hydroxyl groups is 1. The van der Waals surface area contributed by atoms with E-state index in [-0.39, 0.29) is 0 Å². The molecule has 0 aliphatic carbocycles. The summed E-state index contributed by atoms with van der Waals surface area (Å²) in [5.74, 6) is 1.40. The van der Waals surface area contributed by atoms with Gasteiger partial charge in [0.2, 0.25) is 0 Å². The van der Waals surface area contributed by atoms with E-state index in [1.807, 2.05) is 24.3 Å². The number of ether oxygens (including phenoxy) is 1. The van der Waals surface area contributed by atoms with Crippen molar-refractivity contribution in [1.82, 2.24) is 5.32 Å². The van der Waals surface area contributed by atoms with Crippen LogP contribution in [0, 0.1) is 9.49 Å². The van der Waals surface area contributed by atoms with E-state index < -0.39 is 6.10 Å². The smallest absolute Gasteiger partial charge is 0.120 e. The van der Waals surface area contributed by atoms with Crippen molar-refractivity contribution in [1.29, 1.82) is 0 Å². The number of hydrogen-bond donors (Lipinski definition) is 2. The molecule has 0 bridgehead atoms. The van der Waals surface area contributed by atoms with Crippen LogP contribution in [0.2, 0.25) is 0 Å². The maximum Gasteiger partial charge on any atom is 0.120 e. The highest BCUT2D eigenvalue weighted by Crippen LogP contribution is 2.14. The van der Waals surface area contributed by atoms with Crippen LogP contribution in [-0.2, 0) is 0 Å². The molecule has 1 rings (SSSR count). The Bertz CT molecular complexity index is 331. The van der Waals surface area contributed by atoms with E-state index in [2.05, 4.69) is 41.8 Å². The molecule has 2 N–H and O–H groups in total. The van der Waals surface area contributed by atoms with Crippen LogP contribution in [0.3, 0.4) is 0 Å². The summed E-state index contributed by atoms with van der Waals surface area (Å²) in [5.41, 5.74) is 0. The number of aliphatic hydroxyl groups excluding tert-OH is 1. The van der Waals surface area contributed by atoms with Crippen LogP contribution >= 0.6 is 22.6 Å². The van der Waals surface area contributed by atoms with Crippen molar-refractivity contribution >= 4 is 22.6 Å². The summed E-state index contributed by atoms with van der Waals surface area (Å²) in [4.78, 5) is 0. The average Bonchev–Trinajstić information content (AvgIpc) is 2.26. The van der Waals surface area contributed by atoms with Crippen molar-refractivity contribution in [3.05, 3.63) is 27.8 Å². The first-order valence-corrected chi connectivity index (χ1v) is 6.93. The monoisotopic (exact) mass is 349 g/mol. The van der Waals surface area contributed by atoms with Crippen LogP contribution in [-0.4, -0.2) is 30.9 Å². The van der Waals surface area contributed by atoms with Crippen LogP contribution in [0.15, 0.2) is 24.3 Å². The van der Waals surface area contributed by atoms with E-state index >= 15 is 0 Å². The SMILES string of the molecule is CC(C)CNCC(O)COc1cccc(I)c1. The maximum atomic E-state index is 9.70. The lowest BCUT2D eigenvalue weighted by molar-refractivity contribution is 0.106. The standard InChI is InChI=1S/C13H20INO2/c1-10(2)7-15-8-12(16)9-17-13-5-3-4-11(14)6-13/h3-6,10,12,15-16H,7-9H2,1-2H3. The second kappa shape index (κ2) is 7.89. The summed E-state index contributed by atoms with van der Waals surface area (Å²) < 4.78 is 6.64. The third kappa shape index (κ3) is 6.85. The molecule has 3 nitrogen and oxygen atoms in total. The maximum absolute atomic E-state index is 9.70. The van der Waals surface area contributed by atoms with E-state index in [4.69, 9.17) is 4.74 Å². The molecule has 0 saturated carbocycles. The molecule has 1 atom stereocenters. The molecule has 0 aliphatic rings. The van der Waals surface area contributed by atoms with E-state index in [0.717, 1.165) is 15.9 Å². The highest BCUT2D eigenvalue weighted by Gasteiger charge is 2.05. The van der Waals surface area contributed by atoms with Gasteiger partial charge in [0.15, 0.2) is 0 Å². The number of rotatable bonds is 7. The third-order valence-corrected chi connectivity index (χ3v) is 2.84. The molecule has 0 spiro atoms. The second-order valence-electron chi connectivity index (χ2n) is 4.47. The van der Waals surface area contributed by atoms with Gasteiger partial charge in [0.05, 0.1) is 0 Å². The molecule has 96 valence electrons. The van der Waals surface area contributed by atoms with Crippen LogP contribution in [0.5, 0.6) is 5.75 Å². The van der Waals surface area contributed by atoms with Crippen molar-refractivity contribution in [2.24, 2.45) is 5.92 Å². The fourth-order valence-electron chi connectivity index (χ4n) is 1.35. The molecule has 0 aliphatic heterocycles. The van der Waals surface area contributed by atoms with Crippen LogP contribution < -0.4 is 10.1 Å². The molecule has 4 heteroatoms. The summed E-state index contributed by atoms with van der Waals surface area (Å²) in [6, 6.07) is 7.81. The first-order chi connectivity index (χ1) is 8.08. The number of nitrogens with one attached hydrogen (secondary N) is 1. The normalized spacial score (nSPS) is 12.8. The van der Waals surface area contributed by atoms with Gasteiger partial charge in [-0.05, 0) is 53.3 Å². The van der Waals surface area contributed by atoms with E-state index in [9.17, 15) is 5.11 Å². The minimum Gasteiger partial charge on any atom is -0.491 e. The largest absolute Gasteiger partial charge is 0.491 e. The third-order valence-electron chi connectivity index (χ3n) is 2.17. The zero-order valence-corrected chi connectivity index (χ0v) is 12.5. The fraction of sp³-hybridized carbons (Fsp3) is 0.538. The number of hydrogen-bond acceptors (Lipinski definition) is 3. The average molecular weight is 349 g/mol. The minimum atomic E-state index is -0.466. The lowest BCUT2D eigenvalue weighted by Gasteiger charge is -2.14. The van der Waals surface area contributed by atoms with E-state index in [1.54, 1.807) is 0 Å². The first-order valence-electron chi connectivity index (χ1n) is 5.85. The molecule has 0 aromatic heterocycles. The molecule has 0 fully saturated rings. The van der Waals surface area contributed by atoms with Crippen LogP contribution in [0.1, 0.15) is 13.8 Å². The van der Waals surface area contributed by atoms with Crippen LogP contribution in [0.25, 0.3) is 0 Å². The molecular weight excluding hydrogens is 329 g/mol. The zero-order valence-electron chi connectivity index (χ0n) is 10.3. The Balaban J connectivity index is 2.21. The molecule has 0 saturated heterocycles. The van der Waals surface area contributed by atoms with Gasteiger partial charge in [-0.1, -0.05) is 19.9 Å². The Morgan fingerprint density at radius 3 is 2.76 bits per heavy atom. The Morgan fingerprint density at radius 1 is 1.35 bits per heavy atom. The Morgan fingerprint density at radius 2 is 2.12 bits per heavy atom. The van der Waals surface area contributed by atoms with Gasteiger partial charge in [-0.3, -0.25) is 0 Å². The Kier molecular flexibility index (Phi) is 6.84. The molecule has 1 aromatic rings. The topological polar surface area (TPSA) is 41.5 Å². The summed E-state index contributed by atoms with van der Waals surface area (Å²) in [6.07, 6.45) is -0.466. The lowest BCUT2D eigenvalue weighted by Crippen LogP contribution is -2.33. The van der Waals surface area contributed by atoms with Gasteiger partial charge >= 0.3 is 0 Å². The van der Waals surface area contributed by atoms with Gasteiger partial charge in [0.1, 0.15) is 18.5 Å². The van der Waals surface area contributed by atoms with Crippen molar-refractivity contribution in [3.8, 4) is 5.75 Å². The highest BCUT2D eigenvalue weighted by molar-refractivity contribution is 14.1. The van der Waals surface area contributed by atoms with Gasteiger partial charge in [-0.2, -0.15) is 0 Å². The zero-order chi connectivity index (χ0) is 12.7. The summed E-state index contributed by atoms with van der Waals surface area (Å²) in [6.45, 7) is 6.09. The molecule has 1 aromatic carbocycles. The van der Waals surface area contributed by atoms with Crippen molar-refractivity contribution < 1.29 is 9.84 Å². The van der Waals surface area contributed by atoms with Gasteiger partial charge in [0, 0.05) is 10.1 Å². The summed E-state index contributed by atoms with van der Waals surface area (Å²) in [5, 5.41) is 12.9. The molecule has 0 amide bonds. The van der Waals surface area contributed by atoms with Crippen molar-refractivity contribution in [3.63, 3.8) is 0 Å². The Labute approximate surface area is 117 Å². The molecule has 0 radical (unpaired) electrons. The number of halogens is 1. The van der Waals surface area contributed by atoms with Crippen molar-refractivity contribution in [2.75, 3.05) is 19.7 Å². The molecular formula is C13H20INO2. The summed E-state index contributed by atoms with van der Waals surface area (Å²) in [7, 11) is 0. The first kappa shape index (κ1) is 14.7. The second-order valence-corrected chi connectivity index (χ2v) is 5.72. The quantitative estimate of drug-likeness (QED) is 0.743. The van der Waals surface area contributed by atoms with Gasteiger partial charge < -0.3 is 15.2 Å². The lowest BCUT2D eigenvalue weighted by atomic mass is 10.2. The van der Waals surface area contributed by atoms with Gasteiger partial charge in [-0.25, -0.2) is 0 Å². The minimum absolute atomic E-state index is 0.325. The molecule has 1 unspecified atom stereocenters. The summed E-state index contributed by atoms with van der Waals surface area (Å²) >= 11 is 2.24. The fourth-order valence-corrected chi connectivity index (χ4v) is 1.86. The molecule has 17 heavy (non-hydrogen) atoms. The van der Waals surface area contributed by atoms with Gasteiger partial charge in [-0.15, -0.1) is 0 Å². The van der Waals surface area contributed by atoms with Gasteiger partial charge in [0.25, 0.3) is 0 Å². The predicted octanol–water partition coefficient (Wildman–Crippen LogP) is 2.28. The predicted molar refractivity (Wildman–Crippen MR) is 78.4 cm³/mol. The Hall–Kier alpha value is -0.330. The number of benzene rings is 1.